The van der Waals surface area contributed by atoms with Gasteiger partial charge in [-0.15, -0.1) is 11.8 Å². The molecule has 0 radical (unpaired) electrons. The van der Waals surface area contributed by atoms with Gasteiger partial charge in [0, 0.05) is 4.90 Å². The average Bonchev–Trinajstić information content (AvgIpc) is 3.13. The Kier molecular flexibility index (Phi) is 7.59. The maximum atomic E-state index is 13.9. The number of aromatic nitrogens is 1. The first-order chi connectivity index (χ1) is 14.5. The number of amides is 1. The number of carbonyl (C=O) groups excluding carboxylic acids is 2. The average molecular weight is 445 g/mol. The fourth-order valence-electron chi connectivity index (χ4n) is 2.69. The first-order valence-electron chi connectivity index (χ1n) is 9.35. The molecule has 0 unspecified atom stereocenters. The molecule has 1 aromatic heterocycles. The lowest BCUT2D eigenvalue weighted by atomic mass is 10.2. The second-order valence-electron chi connectivity index (χ2n) is 6.32. The van der Waals surface area contributed by atoms with Crippen LogP contribution in [0.4, 0.5) is 9.52 Å². The Morgan fingerprint density at radius 2 is 1.83 bits per heavy atom. The van der Waals surface area contributed by atoms with Crippen molar-refractivity contribution in [1.82, 2.24) is 4.98 Å². The maximum Gasteiger partial charge on any atom is 0.350 e. The summed E-state index contributed by atoms with van der Waals surface area (Å²) < 4.78 is 19.0. The molecule has 0 spiro atoms. The van der Waals surface area contributed by atoms with E-state index in [4.69, 9.17) is 4.74 Å². The zero-order chi connectivity index (χ0) is 21.5. The van der Waals surface area contributed by atoms with Gasteiger partial charge in [0.05, 0.1) is 24.6 Å². The van der Waals surface area contributed by atoms with Crippen LogP contribution in [-0.2, 0) is 16.1 Å². The van der Waals surface area contributed by atoms with Crippen molar-refractivity contribution in [3.05, 3.63) is 76.5 Å². The van der Waals surface area contributed by atoms with E-state index in [1.807, 2.05) is 30.3 Å². The van der Waals surface area contributed by atoms with Crippen LogP contribution in [0.1, 0.15) is 27.9 Å². The molecule has 0 N–H and O–H groups in total. The molecule has 2 aromatic carbocycles. The zero-order valence-electron chi connectivity index (χ0n) is 16.6. The number of benzene rings is 2. The van der Waals surface area contributed by atoms with Gasteiger partial charge >= 0.3 is 5.97 Å². The number of thioether (sulfide) groups is 1. The highest BCUT2D eigenvalue weighted by atomic mass is 32.2. The second kappa shape index (κ2) is 10.4. The molecule has 0 bridgehead atoms. The van der Waals surface area contributed by atoms with Crippen molar-refractivity contribution >= 4 is 40.1 Å². The summed E-state index contributed by atoms with van der Waals surface area (Å²) in [4.78, 5) is 32.0. The molecule has 0 fully saturated rings. The number of hydrogen-bond acceptors (Lipinski definition) is 6. The highest BCUT2D eigenvalue weighted by Gasteiger charge is 2.24. The first-order valence-corrected chi connectivity index (χ1v) is 11.2. The number of halogens is 1. The molecule has 0 saturated carbocycles. The zero-order valence-corrected chi connectivity index (χ0v) is 18.3. The van der Waals surface area contributed by atoms with Crippen LogP contribution in [0.15, 0.2) is 59.5 Å². The molecular weight excluding hydrogens is 423 g/mol. The molecule has 0 aliphatic carbocycles. The van der Waals surface area contributed by atoms with E-state index in [9.17, 15) is 14.0 Å². The van der Waals surface area contributed by atoms with Gasteiger partial charge < -0.3 is 4.74 Å². The van der Waals surface area contributed by atoms with Crippen molar-refractivity contribution in [2.24, 2.45) is 0 Å². The quantitative estimate of drug-likeness (QED) is 0.358. The Morgan fingerprint density at radius 1 is 1.13 bits per heavy atom. The largest absolute Gasteiger partial charge is 0.462 e. The monoisotopic (exact) mass is 444 g/mol. The minimum atomic E-state index is -0.452. The highest BCUT2D eigenvalue weighted by Crippen LogP contribution is 2.30. The van der Waals surface area contributed by atoms with E-state index in [0.717, 1.165) is 28.7 Å². The van der Waals surface area contributed by atoms with Crippen molar-refractivity contribution in [1.29, 1.82) is 0 Å². The molecule has 5 nitrogen and oxygen atoms in total. The summed E-state index contributed by atoms with van der Waals surface area (Å²) in [6.45, 7) is 4.01. The van der Waals surface area contributed by atoms with Gasteiger partial charge in [-0.05, 0) is 31.5 Å². The van der Waals surface area contributed by atoms with E-state index in [1.165, 1.54) is 11.0 Å². The van der Waals surface area contributed by atoms with Crippen LogP contribution in [0.5, 0.6) is 0 Å². The summed E-state index contributed by atoms with van der Waals surface area (Å²) >= 11 is 2.26. The number of thiazole rings is 1. The number of anilines is 1. The molecule has 1 heterocycles. The van der Waals surface area contributed by atoms with Crippen molar-refractivity contribution in [2.45, 2.75) is 25.3 Å². The number of ether oxygens (including phenoxy) is 1. The van der Waals surface area contributed by atoms with E-state index < -0.39 is 5.97 Å². The SMILES string of the molecule is CCOC(=O)c1sc(N(Cc2ccccc2)C(=O)CSc2ccccc2F)nc1C. The van der Waals surface area contributed by atoms with Crippen LogP contribution in [-0.4, -0.2) is 29.2 Å². The summed E-state index contributed by atoms with van der Waals surface area (Å²) in [5.74, 6) is -0.997. The maximum absolute atomic E-state index is 13.9. The Morgan fingerprint density at radius 3 is 2.53 bits per heavy atom. The van der Waals surface area contributed by atoms with E-state index >= 15 is 0 Å². The number of esters is 1. The molecule has 30 heavy (non-hydrogen) atoms. The lowest BCUT2D eigenvalue weighted by molar-refractivity contribution is -0.116. The standard InChI is InChI=1S/C22H21FN2O3S2/c1-3-28-21(27)20-15(2)24-22(30-20)25(13-16-9-5-4-6-10-16)19(26)14-29-18-12-8-7-11-17(18)23/h4-12H,3,13-14H2,1-2H3. The molecule has 0 aliphatic heterocycles. The third-order valence-electron chi connectivity index (χ3n) is 4.15. The Bertz CT molecular complexity index is 1020. The lowest BCUT2D eigenvalue weighted by Gasteiger charge is -2.20. The minimum Gasteiger partial charge on any atom is -0.462 e. The number of aryl methyl sites for hydroxylation is 1. The van der Waals surface area contributed by atoms with Gasteiger partial charge in [-0.1, -0.05) is 53.8 Å². The van der Waals surface area contributed by atoms with Crippen molar-refractivity contribution in [3.8, 4) is 0 Å². The third kappa shape index (κ3) is 5.46. The van der Waals surface area contributed by atoms with Gasteiger partial charge in [0.25, 0.3) is 0 Å². The Hall–Kier alpha value is -2.71. The van der Waals surface area contributed by atoms with E-state index in [2.05, 4.69) is 4.98 Å². The van der Waals surface area contributed by atoms with E-state index in [1.54, 1.807) is 32.0 Å². The Labute approximate surface area is 182 Å². The lowest BCUT2D eigenvalue weighted by Crippen LogP contribution is -2.31. The number of carbonyl (C=O) groups is 2. The minimum absolute atomic E-state index is 0.0428. The Balaban J connectivity index is 1.85. The van der Waals surface area contributed by atoms with Gasteiger partial charge in [0.15, 0.2) is 5.13 Å². The molecule has 0 atom stereocenters. The number of rotatable bonds is 8. The van der Waals surface area contributed by atoms with Gasteiger partial charge in [-0.2, -0.15) is 0 Å². The molecule has 156 valence electrons. The fraction of sp³-hybridized carbons (Fsp3) is 0.227. The van der Waals surface area contributed by atoms with Crippen LogP contribution in [0.2, 0.25) is 0 Å². The first kappa shape index (κ1) is 22.0. The smallest absolute Gasteiger partial charge is 0.350 e. The van der Waals surface area contributed by atoms with Gasteiger partial charge in [-0.25, -0.2) is 14.2 Å². The molecule has 0 aliphatic rings. The van der Waals surface area contributed by atoms with Crippen LogP contribution < -0.4 is 4.90 Å². The number of nitrogens with zero attached hydrogens (tertiary/aromatic N) is 2. The molecular formula is C22H21FN2O3S2. The molecule has 3 aromatic rings. The summed E-state index contributed by atoms with van der Waals surface area (Å²) in [5, 5.41) is 0.415. The molecule has 3 rings (SSSR count). The summed E-state index contributed by atoms with van der Waals surface area (Å²) in [6.07, 6.45) is 0. The predicted molar refractivity (Wildman–Crippen MR) is 118 cm³/mol. The van der Waals surface area contributed by atoms with Crippen LogP contribution in [0.3, 0.4) is 0 Å². The summed E-state index contributed by atoms with van der Waals surface area (Å²) in [5.41, 5.74) is 1.44. The van der Waals surface area contributed by atoms with Crippen molar-refractivity contribution < 1.29 is 18.7 Å². The normalized spacial score (nSPS) is 10.6. The van der Waals surface area contributed by atoms with Crippen molar-refractivity contribution in [2.75, 3.05) is 17.3 Å². The van der Waals surface area contributed by atoms with Gasteiger partial charge in [0.2, 0.25) is 5.91 Å². The van der Waals surface area contributed by atoms with Crippen LogP contribution in [0.25, 0.3) is 0 Å². The van der Waals surface area contributed by atoms with Gasteiger partial charge in [0.1, 0.15) is 10.7 Å². The molecule has 8 heteroatoms. The number of hydrogen-bond donors (Lipinski definition) is 0. The predicted octanol–water partition coefficient (Wildman–Crippen LogP) is 5.09. The van der Waals surface area contributed by atoms with E-state index in [0.29, 0.717) is 27.1 Å². The fourth-order valence-corrected chi connectivity index (χ4v) is 4.48. The molecule has 0 saturated heterocycles. The van der Waals surface area contributed by atoms with Crippen LogP contribution in [0, 0.1) is 12.7 Å². The topological polar surface area (TPSA) is 59.5 Å². The molecule has 1 amide bonds. The summed E-state index contributed by atoms with van der Waals surface area (Å²) in [6, 6.07) is 15.9. The second-order valence-corrected chi connectivity index (χ2v) is 8.31. The van der Waals surface area contributed by atoms with E-state index in [-0.39, 0.29) is 24.1 Å². The highest BCUT2D eigenvalue weighted by molar-refractivity contribution is 8.00. The summed E-state index contributed by atoms with van der Waals surface area (Å²) in [7, 11) is 0. The van der Waals surface area contributed by atoms with Gasteiger partial charge in [-0.3, -0.25) is 9.69 Å². The van der Waals surface area contributed by atoms with Crippen LogP contribution >= 0.6 is 23.1 Å². The third-order valence-corrected chi connectivity index (χ3v) is 6.34. The van der Waals surface area contributed by atoms with Crippen molar-refractivity contribution in [3.63, 3.8) is 0 Å².